The summed E-state index contributed by atoms with van der Waals surface area (Å²) < 4.78 is 0. The van der Waals surface area contributed by atoms with Crippen molar-refractivity contribution in [2.75, 3.05) is 19.6 Å². The quantitative estimate of drug-likeness (QED) is 0.905. The van der Waals surface area contributed by atoms with Gasteiger partial charge in [-0.25, -0.2) is 4.79 Å². The number of rotatable bonds is 5. The van der Waals surface area contributed by atoms with Gasteiger partial charge in [-0.15, -0.1) is 0 Å². The SMILES string of the molecule is CCN(Cc1ccccc1)C(=O)N1CC(C(C)C(=O)O)C1. The van der Waals surface area contributed by atoms with Crippen LogP contribution in [0.25, 0.3) is 0 Å². The monoisotopic (exact) mass is 290 g/mol. The van der Waals surface area contributed by atoms with E-state index in [2.05, 4.69) is 0 Å². The fourth-order valence-corrected chi connectivity index (χ4v) is 2.51. The van der Waals surface area contributed by atoms with Gasteiger partial charge >= 0.3 is 12.0 Å². The van der Waals surface area contributed by atoms with Gasteiger partial charge in [0, 0.05) is 32.1 Å². The molecule has 0 bridgehead atoms. The van der Waals surface area contributed by atoms with Gasteiger partial charge in [-0.2, -0.15) is 0 Å². The van der Waals surface area contributed by atoms with E-state index in [1.165, 1.54) is 0 Å². The van der Waals surface area contributed by atoms with Crippen LogP contribution in [0.15, 0.2) is 30.3 Å². The molecule has 1 N–H and O–H groups in total. The molecule has 1 atom stereocenters. The number of carbonyl (C=O) groups excluding carboxylic acids is 1. The highest BCUT2D eigenvalue weighted by atomic mass is 16.4. The van der Waals surface area contributed by atoms with Crippen LogP contribution in [-0.4, -0.2) is 46.5 Å². The molecule has 0 aromatic heterocycles. The third-order valence-electron chi connectivity index (χ3n) is 4.15. The lowest BCUT2D eigenvalue weighted by Gasteiger charge is -2.43. The van der Waals surface area contributed by atoms with Gasteiger partial charge in [0.2, 0.25) is 0 Å². The first kappa shape index (κ1) is 15.4. The van der Waals surface area contributed by atoms with Crippen LogP contribution in [0.5, 0.6) is 0 Å². The van der Waals surface area contributed by atoms with Gasteiger partial charge < -0.3 is 14.9 Å². The Balaban J connectivity index is 1.89. The molecule has 2 rings (SSSR count). The molecule has 1 heterocycles. The molecule has 1 aliphatic heterocycles. The summed E-state index contributed by atoms with van der Waals surface area (Å²) in [6.07, 6.45) is 0. The molecule has 1 unspecified atom stereocenters. The highest BCUT2D eigenvalue weighted by Gasteiger charge is 2.38. The highest BCUT2D eigenvalue weighted by Crippen LogP contribution is 2.25. The Morgan fingerprint density at radius 2 is 1.95 bits per heavy atom. The second kappa shape index (κ2) is 6.61. The Kier molecular flexibility index (Phi) is 4.83. The van der Waals surface area contributed by atoms with E-state index in [9.17, 15) is 9.59 Å². The third-order valence-corrected chi connectivity index (χ3v) is 4.15. The zero-order chi connectivity index (χ0) is 15.4. The number of hydrogen-bond acceptors (Lipinski definition) is 2. The van der Waals surface area contributed by atoms with E-state index in [0.717, 1.165) is 5.56 Å². The Bertz CT molecular complexity index is 498. The minimum atomic E-state index is -0.788. The first-order valence-electron chi connectivity index (χ1n) is 7.33. The van der Waals surface area contributed by atoms with E-state index in [0.29, 0.717) is 26.2 Å². The molecule has 1 aromatic rings. The van der Waals surface area contributed by atoms with E-state index in [-0.39, 0.29) is 11.9 Å². The summed E-state index contributed by atoms with van der Waals surface area (Å²) in [7, 11) is 0. The van der Waals surface area contributed by atoms with Crippen molar-refractivity contribution in [2.24, 2.45) is 11.8 Å². The average Bonchev–Trinajstić information content (AvgIpc) is 2.43. The third kappa shape index (κ3) is 3.54. The van der Waals surface area contributed by atoms with Crippen LogP contribution in [0.1, 0.15) is 19.4 Å². The van der Waals surface area contributed by atoms with Gasteiger partial charge in [0.05, 0.1) is 5.92 Å². The number of nitrogens with zero attached hydrogens (tertiary/aromatic N) is 2. The van der Waals surface area contributed by atoms with Crippen LogP contribution >= 0.6 is 0 Å². The predicted molar refractivity (Wildman–Crippen MR) is 79.8 cm³/mol. The van der Waals surface area contributed by atoms with Gasteiger partial charge in [0.25, 0.3) is 0 Å². The fourth-order valence-electron chi connectivity index (χ4n) is 2.51. The Morgan fingerprint density at radius 3 is 2.48 bits per heavy atom. The summed E-state index contributed by atoms with van der Waals surface area (Å²) in [5, 5.41) is 8.98. The standard InChI is InChI=1S/C16H22N2O3/c1-3-17(9-13-7-5-4-6-8-13)16(21)18-10-14(11-18)12(2)15(19)20/h4-8,12,14H,3,9-11H2,1-2H3,(H,19,20). The largest absolute Gasteiger partial charge is 0.481 e. The lowest BCUT2D eigenvalue weighted by Crippen LogP contribution is -2.57. The summed E-state index contributed by atoms with van der Waals surface area (Å²) in [5.74, 6) is -1.11. The van der Waals surface area contributed by atoms with Crippen molar-refractivity contribution < 1.29 is 14.7 Å². The molecule has 1 aromatic carbocycles. The van der Waals surface area contributed by atoms with Crippen molar-refractivity contribution in [2.45, 2.75) is 20.4 Å². The molecular weight excluding hydrogens is 268 g/mol. The molecule has 0 spiro atoms. The van der Waals surface area contributed by atoms with Crippen LogP contribution in [0.2, 0.25) is 0 Å². The molecule has 0 saturated carbocycles. The van der Waals surface area contributed by atoms with Crippen molar-refractivity contribution in [1.82, 2.24) is 9.80 Å². The highest BCUT2D eigenvalue weighted by molar-refractivity contribution is 5.76. The molecule has 21 heavy (non-hydrogen) atoms. The first-order valence-corrected chi connectivity index (χ1v) is 7.33. The second-order valence-corrected chi connectivity index (χ2v) is 5.57. The zero-order valence-electron chi connectivity index (χ0n) is 12.5. The lowest BCUT2D eigenvalue weighted by molar-refractivity contribution is -0.144. The maximum atomic E-state index is 12.4. The Morgan fingerprint density at radius 1 is 1.33 bits per heavy atom. The van der Waals surface area contributed by atoms with Gasteiger partial charge in [0.15, 0.2) is 0 Å². The molecule has 5 heteroatoms. The number of aliphatic carboxylic acids is 1. The minimum absolute atomic E-state index is 0.00445. The fraction of sp³-hybridized carbons (Fsp3) is 0.500. The van der Waals surface area contributed by atoms with E-state index in [1.807, 2.05) is 37.3 Å². The van der Waals surface area contributed by atoms with E-state index >= 15 is 0 Å². The summed E-state index contributed by atoms with van der Waals surface area (Å²) in [5.41, 5.74) is 1.10. The maximum absolute atomic E-state index is 12.4. The number of benzene rings is 1. The molecule has 1 saturated heterocycles. The molecule has 2 amide bonds. The first-order chi connectivity index (χ1) is 10.0. The number of urea groups is 1. The minimum Gasteiger partial charge on any atom is -0.481 e. The van der Waals surface area contributed by atoms with Crippen molar-refractivity contribution in [3.8, 4) is 0 Å². The molecule has 114 valence electrons. The Labute approximate surface area is 125 Å². The van der Waals surface area contributed by atoms with Crippen LogP contribution in [0.3, 0.4) is 0 Å². The molecule has 1 fully saturated rings. The molecular formula is C16H22N2O3. The maximum Gasteiger partial charge on any atom is 0.320 e. The van der Waals surface area contributed by atoms with E-state index in [4.69, 9.17) is 5.11 Å². The predicted octanol–water partition coefficient (Wildman–Crippen LogP) is 2.28. The van der Waals surface area contributed by atoms with Crippen molar-refractivity contribution in [3.05, 3.63) is 35.9 Å². The number of hydrogen-bond donors (Lipinski definition) is 1. The van der Waals surface area contributed by atoms with Gasteiger partial charge in [-0.05, 0) is 12.5 Å². The van der Waals surface area contributed by atoms with Gasteiger partial charge in [-0.1, -0.05) is 37.3 Å². The van der Waals surface area contributed by atoms with Gasteiger partial charge in [-0.3, -0.25) is 4.79 Å². The second-order valence-electron chi connectivity index (χ2n) is 5.57. The number of likely N-dealkylation sites (tertiary alicyclic amines) is 1. The summed E-state index contributed by atoms with van der Waals surface area (Å²) in [6.45, 7) is 5.97. The summed E-state index contributed by atoms with van der Waals surface area (Å²) >= 11 is 0. The molecule has 1 aliphatic rings. The lowest BCUT2D eigenvalue weighted by atomic mass is 9.87. The Hall–Kier alpha value is -2.04. The zero-order valence-corrected chi connectivity index (χ0v) is 12.5. The molecule has 0 aliphatic carbocycles. The number of carboxylic acid groups (broad SMARTS) is 1. The number of carboxylic acids is 1. The summed E-state index contributed by atoms with van der Waals surface area (Å²) in [4.78, 5) is 26.9. The number of carbonyl (C=O) groups is 2. The van der Waals surface area contributed by atoms with Gasteiger partial charge in [0.1, 0.15) is 0 Å². The van der Waals surface area contributed by atoms with Crippen LogP contribution < -0.4 is 0 Å². The van der Waals surface area contributed by atoms with Crippen LogP contribution in [0.4, 0.5) is 4.79 Å². The van der Waals surface area contributed by atoms with E-state index < -0.39 is 11.9 Å². The van der Waals surface area contributed by atoms with E-state index in [1.54, 1.807) is 16.7 Å². The number of amides is 2. The van der Waals surface area contributed by atoms with Crippen LogP contribution in [0, 0.1) is 11.8 Å². The van der Waals surface area contributed by atoms with Crippen molar-refractivity contribution >= 4 is 12.0 Å². The smallest absolute Gasteiger partial charge is 0.320 e. The van der Waals surface area contributed by atoms with Crippen molar-refractivity contribution in [3.63, 3.8) is 0 Å². The molecule has 0 radical (unpaired) electrons. The normalized spacial score (nSPS) is 16.2. The topological polar surface area (TPSA) is 60.9 Å². The van der Waals surface area contributed by atoms with Crippen LogP contribution in [-0.2, 0) is 11.3 Å². The van der Waals surface area contributed by atoms with Crippen molar-refractivity contribution in [1.29, 1.82) is 0 Å². The average molecular weight is 290 g/mol. The summed E-state index contributed by atoms with van der Waals surface area (Å²) in [6, 6.07) is 9.87. The molecule has 5 nitrogen and oxygen atoms in total.